The molecule has 0 spiro atoms. The minimum atomic E-state index is -1.27. The molecule has 2 aromatic carbocycles. The molecule has 0 aromatic heterocycles. The van der Waals surface area contributed by atoms with Crippen LogP contribution in [0.1, 0.15) is 43.2 Å². The molecule has 8 nitrogen and oxygen atoms in total. The normalized spacial score (nSPS) is 17.4. The number of carboxylic acid groups (broad SMARTS) is 1. The van der Waals surface area contributed by atoms with E-state index < -0.39 is 29.6 Å². The van der Waals surface area contributed by atoms with E-state index in [9.17, 15) is 19.5 Å². The summed E-state index contributed by atoms with van der Waals surface area (Å²) < 4.78 is 11.0. The highest BCUT2D eigenvalue weighted by atomic mass is 16.5. The Balaban J connectivity index is 1.47. The Hall–Kier alpha value is -3.39. The Kier molecular flexibility index (Phi) is 6.65. The Labute approximate surface area is 192 Å². The van der Waals surface area contributed by atoms with Gasteiger partial charge in [0.25, 0.3) is 0 Å². The maximum atomic E-state index is 13.0. The highest BCUT2D eigenvalue weighted by Crippen LogP contribution is 2.44. The Morgan fingerprint density at radius 2 is 1.64 bits per heavy atom. The lowest BCUT2D eigenvalue weighted by atomic mass is 9.88. The van der Waals surface area contributed by atoms with Gasteiger partial charge in [0.15, 0.2) is 0 Å². The molecule has 1 atom stereocenters. The number of benzene rings is 2. The summed E-state index contributed by atoms with van der Waals surface area (Å²) in [6.07, 6.45) is -0.00573. The van der Waals surface area contributed by atoms with Crippen LogP contribution in [0.3, 0.4) is 0 Å². The van der Waals surface area contributed by atoms with Gasteiger partial charge >= 0.3 is 12.1 Å². The molecule has 33 heavy (non-hydrogen) atoms. The van der Waals surface area contributed by atoms with Crippen LogP contribution in [0.4, 0.5) is 4.79 Å². The van der Waals surface area contributed by atoms with Gasteiger partial charge < -0.3 is 25.2 Å². The highest BCUT2D eigenvalue weighted by Gasteiger charge is 2.43. The van der Waals surface area contributed by atoms with Crippen LogP contribution in [0.25, 0.3) is 11.1 Å². The highest BCUT2D eigenvalue weighted by molar-refractivity contribution is 5.93. The predicted octanol–water partition coefficient (Wildman–Crippen LogP) is 3.05. The summed E-state index contributed by atoms with van der Waals surface area (Å²) in [6.45, 7) is 2.36. The van der Waals surface area contributed by atoms with Crippen molar-refractivity contribution < 1.29 is 29.0 Å². The summed E-state index contributed by atoms with van der Waals surface area (Å²) in [6, 6.07) is 15.1. The van der Waals surface area contributed by atoms with E-state index >= 15 is 0 Å². The van der Waals surface area contributed by atoms with Crippen LogP contribution in [0.15, 0.2) is 48.5 Å². The number of fused-ring (bicyclic) bond motifs is 3. The number of hydrogen-bond donors (Lipinski definition) is 3. The second kappa shape index (κ2) is 9.62. The lowest BCUT2D eigenvalue weighted by molar-refractivity contribution is -0.144. The van der Waals surface area contributed by atoms with E-state index in [-0.39, 0.29) is 45.0 Å². The second-order valence-electron chi connectivity index (χ2n) is 8.42. The third kappa shape index (κ3) is 4.57. The molecule has 0 saturated carbocycles. The summed E-state index contributed by atoms with van der Waals surface area (Å²) >= 11 is 0. The zero-order valence-electron chi connectivity index (χ0n) is 18.5. The quantitative estimate of drug-likeness (QED) is 0.595. The van der Waals surface area contributed by atoms with E-state index in [2.05, 4.69) is 22.8 Å². The number of alkyl carbamates (subject to hydrolysis) is 1. The number of carbonyl (C=O) groups excluding carboxylic acids is 2. The van der Waals surface area contributed by atoms with Gasteiger partial charge in [-0.25, -0.2) is 9.59 Å². The summed E-state index contributed by atoms with van der Waals surface area (Å²) in [7, 11) is 0. The largest absolute Gasteiger partial charge is 0.480 e. The summed E-state index contributed by atoms with van der Waals surface area (Å²) in [4.78, 5) is 37.2. The Bertz CT molecular complexity index is 1000. The number of carboxylic acids is 1. The van der Waals surface area contributed by atoms with Crippen LogP contribution < -0.4 is 10.6 Å². The van der Waals surface area contributed by atoms with Gasteiger partial charge in [-0.05, 0) is 28.7 Å². The van der Waals surface area contributed by atoms with Crippen molar-refractivity contribution in [1.29, 1.82) is 0 Å². The molecule has 1 heterocycles. The number of amides is 2. The standard InChI is InChI=1S/C25H28N2O6/c1-2-21(22(28)29)26-23(30)25(11-13-32-14-12-25)27-24(31)33-15-20-18-9-5-3-7-16(18)17-8-4-6-10-19(17)20/h3-10,20-21H,2,11-15H2,1H3,(H,26,30)(H,27,31)(H,28,29)/t21-/m0/s1. The Morgan fingerprint density at radius 3 is 2.18 bits per heavy atom. The first-order valence-electron chi connectivity index (χ1n) is 11.2. The zero-order valence-corrected chi connectivity index (χ0v) is 18.5. The van der Waals surface area contributed by atoms with Crippen molar-refractivity contribution in [2.24, 2.45) is 0 Å². The van der Waals surface area contributed by atoms with Crippen LogP contribution >= 0.6 is 0 Å². The first-order valence-corrected chi connectivity index (χ1v) is 11.2. The molecular weight excluding hydrogens is 424 g/mol. The molecule has 0 radical (unpaired) electrons. The third-order valence-electron chi connectivity index (χ3n) is 6.48. The predicted molar refractivity (Wildman–Crippen MR) is 121 cm³/mol. The van der Waals surface area contributed by atoms with Gasteiger partial charge in [-0.3, -0.25) is 4.79 Å². The van der Waals surface area contributed by atoms with Crippen LogP contribution in [0, 0.1) is 0 Å². The van der Waals surface area contributed by atoms with Gasteiger partial charge in [0, 0.05) is 32.0 Å². The number of nitrogens with one attached hydrogen (secondary N) is 2. The summed E-state index contributed by atoms with van der Waals surface area (Å²) in [5.41, 5.74) is 3.17. The summed E-state index contributed by atoms with van der Waals surface area (Å²) in [5.74, 6) is -1.75. The number of aliphatic carboxylic acids is 1. The lowest BCUT2D eigenvalue weighted by Crippen LogP contribution is -2.63. The fraction of sp³-hybridized carbons (Fsp3) is 0.400. The molecule has 1 aliphatic carbocycles. The van der Waals surface area contributed by atoms with Gasteiger partial charge in [-0.2, -0.15) is 0 Å². The maximum absolute atomic E-state index is 13.0. The van der Waals surface area contributed by atoms with Crippen LogP contribution in [0.2, 0.25) is 0 Å². The van der Waals surface area contributed by atoms with Gasteiger partial charge in [0.2, 0.25) is 5.91 Å². The van der Waals surface area contributed by atoms with Gasteiger partial charge in [0.05, 0.1) is 0 Å². The first-order chi connectivity index (χ1) is 15.9. The molecule has 4 rings (SSSR count). The number of rotatable bonds is 7. The SMILES string of the molecule is CC[C@H](NC(=O)C1(NC(=O)OCC2c3ccccc3-c3ccccc32)CCOCC1)C(=O)O. The molecule has 2 amide bonds. The smallest absolute Gasteiger partial charge is 0.408 e. The second-order valence-corrected chi connectivity index (χ2v) is 8.42. The molecule has 1 saturated heterocycles. The van der Waals surface area contributed by atoms with E-state index in [0.29, 0.717) is 0 Å². The lowest BCUT2D eigenvalue weighted by Gasteiger charge is -2.36. The number of carbonyl (C=O) groups is 3. The fourth-order valence-electron chi connectivity index (χ4n) is 4.59. The van der Waals surface area contributed by atoms with Crippen molar-refractivity contribution in [3.05, 3.63) is 59.7 Å². The number of ether oxygens (including phenoxy) is 2. The molecule has 0 bridgehead atoms. The van der Waals surface area contributed by atoms with E-state index in [1.165, 1.54) is 0 Å². The average Bonchev–Trinajstić information content (AvgIpc) is 3.15. The third-order valence-corrected chi connectivity index (χ3v) is 6.48. The van der Waals surface area contributed by atoms with Crippen molar-refractivity contribution in [2.75, 3.05) is 19.8 Å². The van der Waals surface area contributed by atoms with E-state index in [1.807, 2.05) is 36.4 Å². The van der Waals surface area contributed by atoms with Crippen LogP contribution in [-0.2, 0) is 19.1 Å². The minimum Gasteiger partial charge on any atom is -0.480 e. The molecule has 1 fully saturated rings. The topological polar surface area (TPSA) is 114 Å². The van der Waals surface area contributed by atoms with Crippen LogP contribution in [-0.4, -0.2) is 54.5 Å². The Morgan fingerprint density at radius 1 is 1.06 bits per heavy atom. The zero-order chi connectivity index (χ0) is 23.4. The monoisotopic (exact) mass is 452 g/mol. The summed E-state index contributed by atoms with van der Waals surface area (Å²) in [5, 5.41) is 14.6. The van der Waals surface area contributed by atoms with Crippen molar-refractivity contribution in [3.8, 4) is 11.1 Å². The maximum Gasteiger partial charge on any atom is 0.408 e. The van der Waals surface area contributed by atoms with Crippen molar-refractivity contribution in [1.82, 2.24) is 10.6 Å². The van der Waals surface area contributed by atoms with Crippen molar-refractivity contribution in [2.45, 2.75) is 43.7 Å². The number of hydrogen-bond acceptors (Lipinski definition) is 5. The van der Waals surface area contributed by atoms with E-state index in [1.54, 1.807) is 6.92 Å². The molecule has 174 valence electrons. The van der Waals surface area contributed by atoms with E-state index in [4.69, 9.17) is 9.47 Å². The van der Waals surface area contributed by atoms with Crippen LogP contribution in [0.5, 0.6) is 0 Å². The fourth-order valence-corrected chi connectivity index (χ4v) is 4.59. The molecule has 0 unspecified atom stereocenters. The van der Waals surface area contributed by atoms with Gasteiger partial charge in [-0.1, -0.05) is 55.5 Å². The molecule has 1 aliphatic heterocycles. The van der Waals surface area contributed by atoms with Gasteiger partial charge in [0.1, 0.15) is 18.2 Å². The minimum absolute atomic E-state index is 0.0981. The first kappa shape index (κ1) is 22.8. The molecule has 2 aromatic rings. The van der Waals surface area contributed by atoms with Gasteiger partial charge in [-0.15, -0.1) is 0 Å². The molecule has 8 heteroatoms. The van der Waals surface area contributed by atoms with E-state index in [0.717, 1.165) is 22.3 Å². The molecule has 2 aliphatic rings. The average molecular weight is 453 g/mol. The van der Waals surface area contributed by atoms with Crippen molar-refractivity contribution >= 4 is 18.0 Å². The molecule has 3 N–H and O–H groups in total. The van der Waals surface area contributed by atoms with Crippen molar-refractivity contribution in [3.63, 3.8) is 0 Å². The molecular formula is C25H28N2O6.